The van der Waals surface area contributed by atoms with Crippen molar-refractivity contribution in [2.45, 2.75) is 33.2 Å². The van der Waals surface area contributed by atoms with Gasteiger partial charge in [-0.25, -0.2) is 9.97 Å². The van der Waals surface area contributed by atoms with E-state index in [1.165, 1.54) is 0 Å². The number of likely N-dealkylation sites (N-methyl/N-ethyl adjacent to an activating group) is 1. The van der Waals surface area contributed by atoms with Gasteiger partial charge in [-0.2, -0.15) is 0 Å². The number of carbonyl (C=O) groups excluding carboxylic acids is 1. The van der Waals surface area contributed by atoms with Gasteiger partial charge in [0, 0.05) is 25.9 Å². The van der Waals surface area contributed by atoms with Crippen LogP contribution < -0.4 is 5.32 Å². The van der Waals surface area contributed by atoms with Crippen molar-refractivity contribution in [3.05, 3.63) is 17.6 Å². The molecular weight excluding hydrogens is 216 g/mol. The van der Waals surface area contributed by atoms with Crippen molar-refractivity contribution in [1.29, 1.82) is 0 Å². The second kappa shape index (κ2) is 5.61. The molecule has 0 radical (unpaired) electrons. The SMILES string of the molecule is CCc1cc(NC(C)C(=O)N(C)C)nc(C)n1. The Morgan fingerprint density at radius 3 is 2.65 bits per heavy atom. The lowest BCUT2D eigenvalue weighted by atomic mass is 10.2. The third-order valence-corrected chi connectivity index (χ3v) is 2.43. The molecule has 0 aromatic carbocycles. The molecule has 0 aliphatic rings. The average Bonchev–Trinajstić information content (AvgIpc) is 2.26. The van der Waals surface area contributed by atoms with E-state index in [1.807, 2.05) is 26.8 Å². The van der Waals surface area contributed by atoms with Gasteiger partial charge in [0.05, 0.1) is 0 Å². The maximum Gasteiger partial charge on any atom is 0.244 e. The van der Waals surface area contributed by atoms with Gasteiger partial charge in [-0.1, -0.05) is 6.92 Å². The summed E-state index contributed by atoms with van der Waals surface area (Å²) in [5.74, 6) is 1.45. The summed E-state index contributed by atoms with van der Waals surface area (Å²) in [5.41, 5.74) is 0.976. The van der Waals surface area contributed by atoms with Crippen LogP contribution in [0.15, 0.2) is 6.07 Å². The summed E-state index contributed by atoms with van der Waals surface area (Å²) in [6.07, 6.45) is 0.855. The number of carbonyl (C=O) groups is 1. The second-order valence-electron chi connectivity index (χ2n) is 4.24. The molecule has 0 bridgehead atoms. The summed E-state index contributed by atoms with van der Waals surface area (Å²) in [6, 6.07) is 1.59. The Bertz CT molecular complexity index is 403. The monoisotopic (exact) mass is 236 g/mol. The molecule has 1 unspecified atom stereocenters. The van der Waals surface area contributed by atoms with E-state index in [-0.39, 0.29) is 11.9 Å². The number of anilines is 1. The van der Waals surface area contributed by atoms with E-state index < -0.39 is 0 Å². The molecule has 1 amide bonds. The summed E-state index contributed by atoms with van der Waals surface area (Å²) in [4.78, 5) is 21.8. The maximum atomic E-state index is 11.7. The third-order valence-electron chi connectivity index (χ3n) is 2.43. The Hall–Kier alpha value is -1.65. The summed E-state index contributed by atoms with van der Waals surface area (Å²) in [5, 5.41) is 3.10. The van der Waals surface area contributed by atoms with E-state index >= 15 is 0 Å². The Morgan fingerprint density at radius 2 is 2.12 bits per heavy atom. The molecule has 0 aliphatic carbocycles. The Labute approximate surface area is 102 Å². The van der Waals surface area contributed by atoms with E-state index in [9.17, 15) is 4.79 Å². The second-order valence-corrected chi connectivity index (χ2v) is 4.24. The molecule has 5 heteroatoms. The van der Waals surface area contributed by atoms with E-state index in [1.54, 1.807) is 19.0 Å². The highest BCUT2D eigenvalue weighted by atomic mass is 16.2. The Kier molecular flexibility index (Phi) is 4.43. The number of nitrogens with zero attached hydrogens (tertiary/aromatic N) is 3. The maximum absolute atomic E-state index is 11.7. The lowest BCUT2D eigenvalue weighted by Crippen LogP contribution is -2.36. The molecular formula is C12H20N4O. The minimum atomic E-state index is -0.288. The smallest absolute Gasteiger partial charge is 0.244 e. The topological polar surface area (TPSA) is 58.1 Å². The minimum Gasteiger partial charge on any atom is -0.359 e. The molecule has 0 aliphatic heterocycles. The van der Waals surface area contributed by atoms with Crippen molar-refractivity contribution in [2.24, 2.45) is 0 Å². The van der Waals surface area contributed by atoms with Crippen LogP contribution in [0.25, 0.3) is 0 Å². The Balaban J connectivity index is 2.81. The molecule has 0 saturated heterocycles. The van der Waals surface area contributed by atoms with Gasteiger partial charge < -0.3 is 10.2 Å². The van der Waals surface area contributed by atoms with Crippen LogP contribution in [-0.4, -0.2) is 40.9 Å². The van der Waals surface area contributed by atoms with Crippen LogP contribution in [0, 0.1) is 6.92 Å². The van der Waals surface area contributed by atoms with Crippen LogP contribution in [0.5, 0.6) is 0 Å². The van der Waals surface area contributed by atoms with Gasteiger partial charge in [0.2, 0.25) is 5.91 Å². The minimum absolute atomic E-state index is 0.0271. The fourth-order valence-corrected chi connectivity index (χ4v) is 1.56. The largest absolute Gasteiger partial charge is 0.359 e. The quantitative estimate of drug-likeness (QED) is 0.854. The number of rotatable bonds is 4. The van der Waals surface area contributed by atoms with Crippen LogP contribution in [-0.2, 0) is 11.2 Å². The number of hydrogen-bond acceptors (Lipinski definition) is 4. The van der Waals surface area contributed by atoms with Crippen LogP contribution in [0.4, 0.5) is 5.82 Å². The molecule has 94 valence electrons. The molecule has 1 atom stereocenters. The van der Waals surface area contributed by atoms with Crippen LogP contribution in [0.1, 0.15) is 25.4 Å². The molecule has 1 aromatic heterocycles. The molecule has 1 N–H and O–H groups in total. The van der Waals surface area contributed by atoms with Gasteiger partial charge in [0.1, 0.15) is 17.7 Å². The summed E-state index contributed by atoms with van der Waals surface area (Å²) in [6.45, 7) is 5.72. The lowest BCUT2D eigenvalue weighted by molar-refractivity contribution is -0.129. The first-order chi connectivity index (χ1) is 7.93. The molecule has 0 spiro atoms. The fourth-order valence-electron chi connectivity index (χ4n) is 1.56. The highest BCUT2D eigenvalue weighted by Gasteiger charge is 2.15. The van der Waals surface area contributed by atoms with E-state index in [0.29, 0.717) is 5.82 Å². The molecule has 17 heavy (non-hydrogen) atoms. The number of nitrogens with one attached hydrogen (secondary N) is 1. The van der Waals surface area contributed by atoms with Crippen molar-refractivity contribution in [1.82, 2.24) is 14.9 Å². The highest BCUT2D eigenvalue weighted by Crippen LogP contribution is 2.09. The van der Waals surface area contributed by atoms with E-state index in [0.717, 1.165) is 17.9 Å². The van der Waals surface area contributed by atoms with Crippen molar-refractivity contribution >= 4 is 11.7 Å². The van der Waals surface area contributed by atoms with Gasteiger partial charge in [-0.3, -0.25) is 4.79 Å². The van der Waals surface area contributed by atoms with Crippen molar-refractivity contribution in [2.75, 3.05) is 19.4 Å². The summed E-state index contributed by atoms with van der Waals surface area (Å²) >= 11 is 0. The Morgan fingerprint density at radius 1 is 1.47 bits per heavy atom. The first-order valence-electron chi connectivity index (χ1n) is 5.76. The van der Waals surface area contributed by atoms with Gasteiger partial charge in [-0.15, -0.1) is 0 Å². The number of aryl methyl sites for hydroxylation is 2. The molecule has 5 nitrogen and oxygen atoms in total. The zero-order chi connectivity index (χ0) is 13.0. The van der Waals surface area contributed by atoms with Crippen LogP contribution in [0.2, 0.25) is 0 Å². The predicted molar refractivity (Wildman–Crippen MR) is 67.9 cm³/mol. The summed E-state index contributed by atoms with van der Waals surface area (Å²) < 4.78 is 0. The van der Waals surface area contributed by atoms with Gasteiger partial charge in [-0.05, 0) is 20.3 Å². The van der Waals surface area contributed by atoms with E-state index in [4.69, 9.17) is 0 Å². The molecule has 0 saturated carbocycles. The van der Waals surface area contributed by atoms with E-state index in [2.05, 4.69) is 15.3 Å². The van der Waals surface area contributed by atoms with Gasteiger partial charge in [0.25, 0.3) is 0 Å². The zero-order valence-electron chi connectivity index (χ0n) is 11.1. The lowest BCUT2D eigenvalue weighted by Gasteiger charge is -2.18. The first-order valence-corrected chi connectivity index (χ1v) is 5.76. The van der Waals surface area contributed by atoms with Gasteiger partial charge >= 0.3 is 0 Å². The fraction of sp³-hybridized carbons (Fsp3) is 0.583. The van der Waals surface area contributed by atoms with Crippen LogP contribution in [0.3, 0.4) is 0 Å². The number of amides is 1. The molecule has 1 aromatic rings. The summed E-state index contributed by atoms with van der Waals surface area (Å²) in [7, 11) is 3.48. The zero-order valence-corrected chi connectivity index (χ0v) is 11.1. The van der Waals surface area contributed by atoms with Crippen molar-refractivity contribution in [3.63, 3.8) is 0 Å². The third kappa shape index (κ3) is 3.69. The van der Waals surface area contributed by atoms with Crippen molar-refractivity contribution < 1.29 is 4.79 Å². The highest BCUT2D eigenvalue weighted by molar-refractivity contribution is 5.83. The number of hydrogen-bond donors (Lipinski definition) is 1. The van der Waals surface area contributed by atoms with Crippen LogP contribution >= 0.6 is 0 Å². The van der Waals surface area contributed by atoms with Crippen molar-refractivity contribution in [3.8, 4) is 0 Å². The normalized spacial score (nSPS) is 12.1. The van der Waals surface area contributed by atoms with Gasteiger partial charge in [0.15, 0.2) is 0 Å². The number of aromatic nitrogens is 2. The predicted octanol–water partition coefficient (Wildman–Crippen LogP) is 1.24. The standard InChI is InChI=1S/C12H20N4O/c1-6-10-7-11(15-9(3)14-10)13-8(2)12(17)16(4)5/h7-8H,6H2,1-5H3,(H,13,14,15). The first kappa shape index (κ1) is 13.4. The molecule has 1 heterocycles. The molecule has 1 rings (SSSR count). The molecule has 0 fully saturated rings. The average molecular weight is 236 g/mol.